The summed E-state index contributed by atoms with van der Waals surface area (Å²) in [4.78, 5) is 0. The Morgan fingerprint density at radius 2 is 1.16 bits per heavy atom. The quantitative estimate of drug-likeness (QED) is 0.170. The molecule has 0 unspecified atom stereocenters. The molecule has 3 aromatic carbocycles. The van der Waals surface area contributed by atoms with Gasteiger partial charge in [0, 0.05) is 0 Å². The van der Waals surface area contributed by atoms with Crippen LogP contribution in [-0.2, 0) is 10.8 Å². The Balaban J connectivity index is 2.29. The van der Waals surface area contributed by atoms with Gasteiger partial charge in [-0.25, -0.2) is 0 Å². The summed E-state index contributed by atoms with van der Waals surface area (Å²) in [5, 5.41) is 3.46. The van der Waals surface area contributed by atoms with Crippen molar-refractivity contribution in [1.29, 1.82) is 0 Å². The molecule has 1 heterocycles. The normalized spacial score (nSPS) is 12.8. The summed E-state index contributed by atoms with van der Waals surface area (Å²) in [7, 11) is -1.78. The third-order valence-electron chi connectivity index (χ3n) is 7.41. The molecule has 38 heavy (non-hydrogen) atoms. The molecule has 3 nitrogen and oxygen atoms in total. The van der Waals surface area contributed by atoms with Crippen LogP contribution in [0, 0.1) is 27.7 Å². The molecule has 1 aromatic heterocycles. The Labute approximate surface area is 237 Å². The first-order valence-corrected chi connectivity index (χ1v) is 19.2. The van der Waals surface area contributed by atoms with Gasteiger partial charge in [-0.2, -0.15) is 0 Å². The second-order valence-corrected chi connectivity index (χ2v) is 22.9. The zero-order valence-corrected chi connectivity index (χ0v) is 28.5. The predicted octanol–water partition coefficient (Wildman–Crippen LogP) is 9.95. The van der Waals surface area contributed by atoms with Gasteiger partial charge in [0.1, 0.15) is 0 Å². The first kappa shape index (κ1) is 29.3. The monoisotopic (exact) mass is 616 g/mol. The third-order valence-corrected chi connectivity index (χ3v) is 11.2. The fourth-order valence-electron chi connectivity index (χ4n) is 4.96. The number of hydrogen-bond acceptors (Lipinski definition) is 3. The van der Waals surface area contributed by atoms with Gasteiger partial charge in [-0.1, -0.05) is 0 Å². The molecule has 0 saturated heterocycles. The van der Waals surface area contributed by atoms with Crippen LogP contribution in [0.25, 0.3) is 21.9 Å². The molecule has 0 saturated carbocycles. The van der Waals surface area contributed by atoms with Crippen LogP contribution in [0.15, 0.2) is 44.8 Å². The van der Waals surface area contributed by atoms with Crippen molar-refractivity contribution in [2.75, 3.05) is 13.3 Å². The number of fused-ring (bicyclic) bond motifs is 3. The number of para-hydroxylation sites is 1. The van der Waals surface area contributed by atoms with Crippen LogP contribution in [-0.4, -0.2) is 28.4 Å². The molecule has 0 atom stereocenters. The van der Waals surface area contributed by atoms with E-state index in [1.54, 1.807) is 0 Å². The van der Waals surface area contributed by atoms with E-state index in [-0.39, 0.29) is 10.8 Å². The molecule has 0 bridgehead atoms. The summed E-state index contributed by atoms with van der Waals surface area (Å²) in [5.41, 5.74) is 7.35. The SMILES string of the molecule is Cc1cc(C(C)(C)C)c2op(Oc3ccccc3P(C)(C)=[Se])oc3c(C(C)(C)C)cc(C)c(C)c3c2c1C. The molecular formula is C32H42O3P2Se. The van der Waals surface area contributed by atoms with Crippen LogP contribution in [0.2, 0.25) is 0 Å². The van der Waals surface area contributed by atoms with E-state index in [0.717, 1.165) is 27.7 Å². The van der Waals surface area contributed by atoms with Crippen molar-refractivity contribution < 1.29 is 12.9 Å². The van der Waals surface area contributed by atoms with E-state index < -0.39 is 13.7 Å². The minimum absolute atomic E-state index is 0.123. The van der Waals surface area contributed by atoms with Gasteiger partial charge in [0.2, 0.25) is 0 Å². The van der Waals surface area contributed by atoms with E-state index in [2.05, 4.69) is 122 Å². The van der Waals surface area contributed by atoms with Gasteiger partial charge in [-0.05, 0) is 0 Å². The maximum absolute atomic E-state index is 6.89. The molecule has 0 spiro atoms. The zero-order chi connectivity index (χ0) is 28.4. The van der Waals surface area contributed by atoms with Gasteiger partial charge in [0.15, 0.2) is 0 Å². The van der Waals surface area contributed by atoms with Crippen molar-refractivity contribution in [2.24, 2.45) is 0 Å². The van der Waals surface area contributed by atoms with Crippen molar-refractivity contribution >= 4 is 56.1 Å². The third kappa shape index (κ3) is 5.48. The summed E-state index contributed by atoms with van der Waals surface area (Å²) in [6, 6.07) is 12.8. The van der Waals surface area contributed by atoms with Gasteiger partial charge < -0.3 is 0 Å². The molecule has 6 heteroatoms. The van der Waals surface area contributed by atoms with Crippen LogP contribution < -0.4 is 9.83 Å². The Morgan fingerprint density at radius 1 is 0.737 bits per heavy atom. The van der Waals surface area contributed by atoms with Crippen molar-refractivity contribution in [2.45, 2.75) is 80.1 Å². The van der Waals surface area contributed by atoms with Gasteiger partial charge in [-0.3, -0.25) is 0 Å². The topological polar surface area (TPSA) is 35.5 Å². The standard InChI is InChI=1S/C32H42O3P2Se/c1-19-17-23(31(5,6)7)29-27(21(19)3)28-22(4)20(2)18-24(32(8,9)10)30(28)35-36(34-29)33-25-15-13-14-16-26(25)37(11,12)38/h13-18H,1-12H3. The fraction of sp³-hybridized carbons (Fsp3) is 0.438. The van der Waals surface area contributed by atoms with E-state index >= 15 is 0 Å². The van der Waals surface area contributed by atoms with Gasteiger partial charge in [0.05, 0.1) is 0 Å². The Hall–Kier alpha value is -1.69. The van der Waals surface area contributed by atoms with Crippen molar-refractivity contribution in [1.82, 2.24) is 0 Å². The molecule has 4 aromatic rings. The Kier molecular flexibility index (Phi) is 7.75. The molecule has 4 rings (SSSR count). The summed E-state index contributed by atoms with van der Waals surface area (Å²) in [6.07, 6.45) is 0. The molecule has 0 N–H and O–H groups in total. The zero-order valence-electron chi connectivity index (χ0n) is 25.0. The van der Waals surface area contributed by atoms with Crippen molar-refractivity contribution in [3.8, 4) is 5.75 Å². The number of benzene rings is 3. The molecule has 0 amide bonds. The number of hydrogen-bond donors (Lipinski definition) is 0. The molecule has 0 aliphatic rings. The Bertz CT molecular complexity index is 1560. The maximum atomic E-state index is 6.89. The average Bonchev–Trinajstić information content (AvgIpc) is 2.94. The number of aryl methyl sites for hydroxylation is 4. The van der Waals surface area contributed by atoms with Crippen LogP contribution in [0.3, 0.4) is 0 Å². The molecule has 0 fully saturated rings. The van der Waals surface area contributed by atoms with Gasteiger partial charge in [0.25, 0.3) is 0 Å². The molecular weight excluding hydrogens is 573 g/mol. The minimum atomic E-state index is -1.78. The number of rotatable bonds is 3. The summed E-state index contributed by atoms with van der Waals surface area (Å²) < 4.78 is 20.5. The Morgan fingerprint density at radius 3 is 1.55 bits per heavy atom. The van der Waals surface area contributed by atoms with Crippen LogP contribution in [0.1, 0.15) is 74.9 Å². The van der Waals surface area contributed by atoms with Crippen molar-refractivity contribution in [3.05, 3.63) is 69.8 Å². The molecule has 0 aliphatic heterocycles. The second kappa shape index (κ2) is 10.1. The van der Waals surface area contributed by atoms with E-state index in [1.807, 2.05) is 12.1 Å². The van der Waals surface area contributed by atoms with Crippen LogP contribution >= 0.6 is 13.7 Å². The fourth-order valence-corrected chi connectivity index (χ4v) is 8.18. The van der Waals surface area contributed by atoms with E-state index in [0.29, 0.717) is 0 Å². The summed E-state index contributed by atoms with van der Waals surface area (Å²) in [5.74, 6) is 0.822. The van der Waals surface area contributed by atoms with Gasteiger partial charge in [-0.15, -0.1) is 0 Å². The van der Waals surface area contributed by atoms with Crippen LogP contribution in [0.4, 0.5) is 0 Å². The van der Waals surface area contributed by atoms with Crippen molar-refractivity contribution in [3.63, 3.8) is 0 Å². The van der Waals surface area contributed by atoms with E-state index in [4.69, 9.17) is 12.9 Å². The average molecular weight is 616 g/mol. The second-order valence-electron chi connectivity index (χ2n) is 13.0. The van der Waals surface area contributed by atoms with Gasteiger partial charge >= 0.3 is 238 Å². The van der Waals surface area contributed by atoms with Crippen LogP contribution in [0.5, 0.6) is 5.75 Å². The first-order chi connectivity index (χ1) is 17.4. The summed E-state index contributed by atoms with van der Waals surface area (Å²) >= 11 is 3.40. The van der Waals surface area contributed by atoms with E-state index in [9.17, 15) is 0 Å². The molecule has 0 aliphatic carbocycles. The molecule has 0 radical (unpaired) electrons. The predicted molar refractivity (Wildman–Crippen MR) is 169 cm³/mol. The summed E-state index contributed by atoms with van der Waals surface area (Å²) in [6.45, 7) is 26.8. The molecule has 204 valence electrons. The first-order valence-electron chi connectivity index (χ1n) is 13.2. The van der Waals surface area contributed by atoms with E-state index in [1.165, 1.54) is 38.7 Å².